The van der Waals surface area contributed by atoms with E-state index in [0.717, 1.165) is 55.6 Å². The van der Waals surface area contributed by atoms with Gasteiger partial charge >= 0.3 is 5.69 Å². The number of nitro groups is 1. The molecule has 4 atom stereocenters. The van der Waals surface area contributed by atoms with Crippen molar-refractivity contribution in [1.82, 2.24) is 19.5 Å². The highest BCUT2D eigenvalue weighted by Gasteiger charge is 2.41. The smallest absolute Gasteiger partial charge is 0.330 e. The summed E-state index contributed by atoms with van der Waals surface area (Å²) in [7, 11) is 1.41. The van der Waals surface area contributed by atoms with Gasteiger partial charge in [-0.2, -0.15) is 5.11 Å². The molecule has 1 fully saturated rings. The van der Waals surface area contributed by atoms with Gasteiger partial charge in [0.1, 0.15) is 48.0 Å². The third-order valence-electron chi connectivity index (χ3n) is 12.4. The number of aromatic nitrogens is 2. The maximum Gasteiger partial charge on any atom is 0.330 e. The molecule has 1 saturated heterocycles. The van der Waals surface area contributed by atoms with E-state index in [-0.39, 0.29) is 55.7 Å². The van der Waals surface area contributed by atoms with Gasteiger partial charge in [-0.25, -0.2) is 16.0 Å². The molecule has 4 heterocycles. The van der Waals surface area contributed by atoms with Crippen molar-refractivity contribution in [2.45, 2.75) is 104 Å². The molecule has 73 heavy (non-hydrogen) atoms. The number of hydrogen-bond acceptors (Lipinski definition) is 17. The molecular weight excluding hydrogens is 962 g/mol. The van der Waals surface area contributed by atoms with Crippen LogP contribution in [0, 0.1) is 16.7 Å². The average Bonchev–Trinajstić information content (AvgIpc) is 3.78. The van der Waals surface area contributed by atoms with Crippen LogP contribution in [-0.2, 0) is 31.4 Å². The first-order valence-electron chi connectivity index (χ1n) is 24.3. The number of carbonyl (C=O) groups excluding carboxylic acids is 1. The molecule has 4 aromatic rings. The lowest BCUT2D eigenvalue weighted by atomic mass is 9.90. The van der Waals surface area contributed by atoms with E-state index in [1.54, 1.807) is 12.1 Å². The fourth-order valence-electron chi connectivity index (χ4n) is 9.07. The Morgan fingerprint density at radius 2 is 1.67 bits per heavy atom. The summed E-state index contributed by atoms with van der Waals surface area (Å²) >= 11 is 0. The number of anilines is 1. The number of benzene rings is 3. The van der Waals surface area contributed by atoms with Gasteiger partial charge in [-0.1, -0.05) is 6.92 Å². The standard InChI is InChI=1S/C50H62N11O11P/c1-9-41-44(72-73(70-25-20-51-6)60(31(2)3)32(4)5)29-46(71-41)59-30-34(49(63)53-50(59)64)14-19-45(62)52-21-24-69-48-37-13-11-23-58-22-10-12-33(47(37)58)26-40(48)57-56-39-28-42(67-7)38(27-43(39)68-8)55-54-35-15-17-36(18-16-35)61(65)66/h14-19,26-28,30-32,41,44,46H,9-13,20-25,29H2,1-5,7-8H3,(H,52,62)(H,53,63,64)/b19-14+,55-54+,57-56+/t41-,44?,46-,73?/m1/s1. The Kier molecular flexibility index (Phi) is 18.6. The quantitative estimate of drug-likeness (QED) is 0.0134. The van der Waals surface area contributed by atoms with Crippen LogP contribution in [0.4, 0.5) is 34.1 Å². The number of non-ortho nitro benzene ring substituents is 1. The third kappa shape index (κ3) is 13.2. The van der Waals surface area contributed by atoms with E-state index >= 15 is 0 Å². The Balaban J connectivity index is 1.04. The number of methoxy groups -OCH3 is 2. The zero-order valence-electron chi connectivity index (χ0n) is 42.1. The number of aryl methyl sites for hydroxylation is 1. The number of aromatic amines is 1. The minimum absolute atomic E-state index is 0.0628. The second kappa shape index (κ2) is 25.2. The number of rotatable bonds is 23. The average molecular weight is 1020 g/mol. The molecule has 2 unspecified atom stereocenters. The Bertz CT molecular complexity index is 2850. The van der Waals surface area contributed by atoms with Gasteiger partial charge in [0.05, 0.1) is 49.1 Å². The first-order valence-corrected chi connectivity index (χ1v) is 25.4. The normalized spacial score (nSPS) is 18.0. The summed E-state index contributed by atoms with van der Waals surface area (Å²) in [6.45, 7) is 19.9. The highest BCUT2D eigenvalue weighted by atomic mass is 31.2. The van der Waals surface area contributed by atoms with Crippen LogP contribution in [0.1, 0.15) is 83.2 Å². The van der Waals surface area contributed by atoms with Gasteiger partial charge in [0, 0.05) is 79.4 Å². The van der Waals surface area contributed by atoms with Crippen LogP contribution < -0.4 is 35.7 Å². The van der Waals surface area contributed by atoms with Crippen LogP contribution in [0.15, 0.2) is 84.8 Å². The van der Waals surface area contributed by atoms with Crippen LogP contribution >= 0.6 is 8.53 Å². The molecule has 0 radical (unpaired) electrons. The highest BCUT2D eigenvalue weighted by Crippen LogP contribution is 2.51. The van der Waals surface area contributed by atoms with Crippen LogP contribution in [-0.4, -0.2) is 103 Å². The van der Waals surface area contributed by atoms with E-state index < -0.39 is 42.9 Å². The van der Waals surface area contributed by atoms with E-state index in [1.165, 1.54) is 61.4 Å². The van der Waals surface area contributed by atoms with Crippen molar-refractivity contribution in [3.63, 3.8) is 0 Å². The van der Waals surface area contributed by atoms with Gasteiger partial charge < -0.3 is 43.1 Å². The Hall–Kier alpha value is -6.89. The van der Waals surface area contributed by atoms with E-state index in [0.29, 0.717) is 52.8 Å². The summed E-state index contributed by atoms with van der Waals surface area (Å²) in [5, 5.41) is 31.7. The molecule has 23 heteroatoms. The van der Waals surface area contributed by atoms with Gasteiger partial charge in [0.2, 0.25) is 12.5 Å². The predicted octanol–water partition coefficient (Wildman–Crippen LogP) is 9.56. The molecule has 0 bridgehead atoms. The molecule has 3 aromatic carbocycles. The molecule has 3 aliphatic rings. The first kappa shape index (κ1) is 53.9. The molecule has 388 valence electrons. The van der Waals surface area contributed by atoms with Crippen LogP contribution in [0.2, 0.25) is 0 Å². The monoisotopic (exact) mass is 1020 g/mol. The van der Waals surface area contributed by atoms with Crippen LogP contribution in [0.5, 0.6) is 17.2 Å². The number of nitro benzene ring substituents is 1. The van der Waals surface area contributed by atoms with Gasteiger partial charge in [-0.05, 0) is 89.6 Å². The van der Waals surface area contributed by atoms with Crippen molar-refractivity contribution in [2.24, 2.45) is 20.5 Å². The fourth-order valence-corrected chi connectivity index (χ4v) is 10.8. The zero-order valence-corrected chi connectivity index (χ0v) is 43.0. The lowest BCUT2D eigenvalue weighted by molar-refractivity contribution is -0.384. The molecular formula is C50H62N11O11P. The molecule has 2 N–H and O–H groups in total. The SMILES string of the molecule is [C-]#[N+]CCOP(OC1C[C@H](n2cc(/C=C/C(=O)NCCOc3c(/N=N/c4cc(OC)c(/N=N/c5ccc([N+](=O)[O-])cc5)cc4OC)cc4c5c3CCCN5CCC4)c(=O)[nH]c2=O)O[C@@H]1CC)N(C(C)C)C(C)C. The Morgan fingerprint density at radius 1 is 1.00 bits per heavy atom. The van der Waals surface area contributed by atoms with Gasteiger partial charge in [-0.15, -0.1) is 15.3 Å². The summed E-state index contributed by atoms with van der Waals surface area (Å²) in [5.41, 5.74) is 3.61. The fraction of sp³-hybridized carbons (Fsp3) is 0.480. The van der Waals surface area contributed by atoms with E-state index in [4.69, 9.17) is 39.7 Å². The first-order chi connectivity index (χ1) is 35.2. The molecule has 1 amide bonds. The van der Waals surface area contributed by atoms with Gasteiger partial charge in [-0.3, -0.25) is 29.3 Å². The summed E-state index contributed by atoms with van der Waals surface area (Å²) in [6, 6.07) is 11.1. The number of nitrogens with one attached hydrogen (secondary N) is 2. The Morgan fingerprint density at radius 3 is 2.32 bits per heavy atom. The van der Waals surface area contributed by atoms with Gasteiger partial charge in [0.15, 0.2) is 5.75 Å². The van der Waals surface area contributed by atoms with Crippen molar-refractivity contribution >= 4 is 54.6 Å². The largest absolute Gasteiger partial charge is 0.494 e. The number of amides is 1. The molecule has 0 saturated carbocycles. The number of hydrogen-bond donors (Lipinski definition) is 2. The lowest BCUT2D eigenvalue weighted by Gasteiger charge is -2.37. The minimum atomic E-state index is -1.56. The van der Waals surface area contributed by atoms with E-state index in [9.17, 15) is 24.5 Å². The molecule has 0 aliphatic carbocycles. The maximum atomic E-state index is 13.2. The number of ether oxygens (including phenoxy) is 4. The Labute approximate surface area is 424 Å². The molecule has 7 rings (SSSR count). The van der Waals surface area contributed by atoms with Crippen LogP contribution in [0.25, 0.3) is 10.9 Å². The summed E-state index contributed by atoms with van der Waals surface area (Å²) in [5.74, 6) is 0.745. The van der Waals surface area contributed by atoms with Crippen molar-refractivity contribution in [3.05, 3.63) is 114 Å². The molecule has 3 aliphatic heterocycles. The highest BCUT2D eigenvalue weighted by molar-refractivity contribution is 7.44. The summed E-state index contributed by atoms with van der Waals surface area (Å²) in [6.07, 6.45) is 6.83. The third-order valence-corrected chi connectivity index (χ3v) is 14.5. The number of H-pyrrole nitrogens is 1. The maximum absolute atomic E-state index is 13.2. The lowest BCUT2D eigenvalue weighted by Crippen LogP contribution is -2.36. The predicted molar refractivity (Wildman–Crippen MR) is 275 cm³/mol. The topological polar surface area (TPSA) is 243 Å². The van der Waals surface area contributed by atoms with Crippen molar-refractivity contribution in [3.8, 4) is 17.2 Å². The molecule has 0 spiro atoms. The second-order valence-corrected chi connectivity index (χ2v) is 19.3. The number of azo groups is 2. The zero-order chi connectivity index (χ0) is 52.2. The minimum Gasteiger partial charge on any atom is -0.494 e. The van der Waals surface area contributed by atoms with Crippen molar-refractivity contribution in [1.29, 1.82) is 0 Å². The summed E-state index contributed by atoms with van der Waals surface area (Å²) in [4.78, 5) is 58.1. The molecule has 22 nitrogen and oxygen atoms in total. The van der Waals surface area contributed by atoms with Crippen molar-refractivity contribution in [2.75, 3.05) is 58.5 Å². The van der Waals surface area contributed by atoms with Crippen LogP contribution in [0.3, 0.4) is 0 Å². The van der Waals surface area contributed by atoms with E-state index in [2.05, 4.69) is 67.8 Å². The second-order valence-electron chi connectivity index (χ2n) is 17.9. The number of carbonyl (C=O) groups is 1. The number of nitrogens with zero attached hydrogens (tertiary/aromatic N) is 9. The summed E-state index contributed by atoms with van der Waals surface area (Å²) < 4.78 is 40.3. The van der Waals surface area contributed by atoms with Crippen molar-refractivity contribution < 1.29 is 37.7 Å². The molecule has 1 aromatic heterocycles. The van der Waals surface area contributed by atoms with Gasteiger partial charge in [0.25, 0.3) is 19.8 Å². The van der Waals surface area contributed by atoms with E-state index in [1.807, 2.05) is 13.0 Å².